The third-order valence-electron chi connectivity index (χ3n) is 4.65. The van der Waals surface area contributed by atoms with Crippen molar-refractivity contribution in [1.82, 2.24) is 20.5 Å². The molecule has 0 radical (unpaired) electrons. The number of pyridine rings is 1. The number of piperazine rings is 1. The average Bonchev–Trinajstić information content (AvgIpc) is 3.14. The van der Waals surface area contributed by atoms with E-state index in [1.54, 1.807) is 12.4 Å². The van der Waals surface area contributed by atoms with Gasteiger partial charge in [0.15, 0.2) is 5.82 Å². The fourth-order valence-corrected chi connectivity index (χ4v) is 3.46. The van der Waals surface area contributed by atoms with E-state index in [1.807, 2.05) is 41.3 Å². The van der Waals surface area contributed by atoms with Gasteiger partial charge in [0.05, 0.1) is 11.3 Å². The van der Waals surface area contributed by atoms with Crippen LogP contribution in [0.4, 0.5) is 5.82 Å². The van der Waals surface area contributed by atoms with Crippen LogP contribution in [0.5, 0.6) is 0 Å². The van der Waals surface area contributed by atoms with Crippen molar-refractivity contribution in [2.24, 2.45) is 0 Å². The Bertz CT molecular complexity index is 942. The topological polar surface area (TPSA) is 94.1 Å². The van der Waals surface area contributed by atoms with Gasteiger partial charge in [0.25, 0.3) is 0 Å². The van der Waals surface area contributed by atoms with E-state index in [1.165, 1.54) is 0 Å². The number of halogens is 1. The van der Waals surface area contributed by atoms with Gasteiger partial charge in [0.2, 0.25) is 0 Å². The third-order valence-corrected chi connectivity index (χ3v) is 4.90. The third kappa shape index (κ3) is 3.39. The molecule has 138 valence electrons. The zero-order chi connectivity index (χ0) is 18.8. The summed E-state index contributed by atoms with van der Waals surface area (Å²) in [6.45, 7) is 1.62. The first-order valence-electron chi connectivity index (χ1n) is 8.60. The molecular weight excluding hydrogens is 366 g/mol. The smallest absolute Gasteiger partial charge is 0.327 e. The molecule has 0 bridgehead atoms. The Morgan fingerprint density at radius 1 is 1.15 bits per heavy atom. The van der Waals surface area contributed by atoms with Crippen LogP contribution in [0.1, 0.15) is 0 Å². The SMILES string of the molecule is O=C(O)C1CNCCN1c1n[nH]c(-c2ccc(Cl)cc2)c1-c1ccncc1. The molecule has 7 nitrogen and oxygen atoms in total. The standard InChI is InChI=1S/C19H18ClN5O2/c20-14-3-1-13(2-4-14)17-16(12-5-7-21-8-6-12)18(24-23-17)25-10-9-22-11-15(25)19(26)27/h1-8,15,22H,9-11H2,(H,23,24)(H,26,27). The molecule has 1 aromatic carbocycles. The van der Waals surface area contributed by atoms with Crippen molar-refractivity contribution in [3.63, 3.8) is 0 Å². The fraction of sp³-hybridized carbons (Fsp3) is 0.211. The molecule has 4 rings (SSSR count). The van der Waals surface area contributed by atoms with Crippen molar-refractivity contribution >= 4 is 23.4 Å². The Balaban J connectivity index is 1.87. The molecule has 1 aliphatic heterocycles. The number of hydrogen-bond acceptors (Lipinski definition) is 5. The van der Waals surface area contributed by atoms with E-state index in [2.05, 4.69) is 20.5 Å². The Morgan fingerprint density at radius 2 is 1.89 bits per heavy atom. The van der Waals surface area contributed by atoms with Gasteiger partial charge in [-0.15, -0.1) is 0 Å². The van der Waals surface area contributed by atoms with E-state index in [0.29, 0.717) is 30.5 Å². The Labute approximate surface area is 161 Å². The monoisotopic (exact) mass is 383 g/mol. The predicted molar refractivity (Wildman–Crippen MR) is 104 cm³/mol. The minimum absolute atomic E-state index is 0.369. The maximum Gasteiger partial charge on any atom is 0.327 e. The number of benzene rings is 1. The van der Waals surface area contributed by atoms with Gasteiger partial charge >= 0.3 is 5.97 Å². The van der Waals surface area contributed by atoms with Crippen LogP contribution in [0.2, 0.25) is 5.02 Å². The van der Waals surface area contributed by atoms with Gasteiger partial charge in [-0.25, -0.2) is 4.79 Å². The summed E-state index contributed by atoms with van der Waals surface area (Å²) in [6.07, 6.45) is 3.42. The van der Waals surface area contributed by atoms with Gasteiger partial charge in [-0.2, -0.15) is 5.10 Å². The second kappa shape index (κ2) is 7.38. The Morgan fingerprint density at radius 3 is 2.59 bits per heavy atom. The molecule has 1 unspecified atom stereocenters. The normalized spacial score (nSPS) is 17.1. The first-order valence-corrected chi connectivity index (χ1v) is 8.98. The number of rotatable bonds is 4. The highest BCUT2D eigenvalue weighted by molar-refractivity contribution is 6.30. The maximum atomic E-state index is 11.8. The molecule has 1 fully saturated rings. The van der Waals surface area contributed by atoms with Crippen molar-refractivity contribution in [3.8, 4) is 22.4 Å². The molecule has 8 heteroatoms. The molecule has 3 N–H and O–H groups in total. The molecule has 1 atom stereocenters. The molecule has 0 spiro atoms. The number of hydrogen-bond donors (Lipinski definition) is 3. The quantitative estimate of drug-likeness (QED) is 0.641. The van der Waals surface area contributed by atoms with Crippen LogP contribution >= 0.6 is 11.6 Å². The highest BCUT2D eigenvalue weighted by atomic mass is 35.5. The molecule has 0 saturated carbocycles. The second-order valence-electron chi connectivity index (χ2n) is 6.29. The van der Waals surface area contributed by atoms with E-state index >= 15 is 0 Å². The number of aromatic nitrogens is 3. The van der Waals surface area contributed by atoms with Gasteiger partial charge < -0.3 is 15.3 Å². The van der Waals surface area contributed by atoms with Crippen LogP contribution in [0.25, 0.3) is 22.4 Å². The first kappa shape index (κ1) is 17.5. The summed E-state index contributed by atoms with van der Waals surface area (Å²) in [4.78, 5) is 17.7. The van der Waals surface area contributed by atoms with E-state index in [-0.39, 0.29) is 0 Å². The number of nitrogens with one attached hydrogen (secondary N) is 2. The molecular formula is C19H18ClN5O2. The van der Waals surface area contributed by atoms with E-state index < -0.39 is 12.0 Å². The van der Waals surface area contributed by atoms with Gasteiger partial charge in [-0.3, -0.25) is 10.1 Å². The van der Waals surface area contributed by atoms with Gasteiger partial charge in [0, 0.05) is 42.6 Å². The van der Waals surface area contributed by atoms with Crippen molar-refractivity contribution in [2.45, 2.75) is 6.04 Å². The summed E-state index contributed by atoms with van der Waals surface area (Å²) in [5.74, 6) is -0.251. The van der Waals surface area contributed by atoms with Gasteiger partial charge in [0.1, 0.15) is 6.04 Å². The molecule has 2 aromatic heterocycles. The largest absolute Gasteiger partial charge is 0.480 e. The van der Waals surface area contributed by atoms with Crippen LogP contribution in [0, 0.1) is 0 Å². The fourth-order valence-electron chi connectivity index (χ4n) is 3.34. The summed E-state index contributed by atoms with van der Waals surface area (Å²) in [5.41, 5.74) is 3.51. The molecule has 3 heterocycles. The zero-order valence-corrected chi connectivity index (χ0v) is 15.1. The summed E-state index contributed by atoms with van der Waals surface area (Å²) in [6, 6.07) is 10.6. The minimum Gasteiger partial charge on any atom is -0.480 e. The number of nitrogens with zero attached hydrogens (tertiary/aromatic N) is 3. The van der Waals surface area contributed by atoms with Crippen molar-refractivity contribution in [3.05, 3.63) is 53.8 Å². The Hall–Kier alpha value is -2.90. The number of carboxylic acid groups (broad SMARTS) is 1. The van der Waals surface area contributed by atoms with Gasteiger partial charge in [-0.1, -0.05) is 23.7 Å². The number of carboxylic acids is 1. The molecule has 1 aliphatic rings. The van der Waals surface area contributed by atoms with Crippen LogP contribution in [-0.4, -0.2) is 51.9 Å². The lowest BCUT2D eigenvalue weighted by Gasteiger charge is -2.34. The predicted octanol–water partition coefficient (Wildman–Crippen LogP) is 2.65. The number of carbonyl (C=O) groups is 1. The second-order valence-corrected chi connectivity index (χ2v) is 6.73. The average molecular weight is 384 g/mol. The van der Waals surface area contributed by atoms with Crippen molar-refractivity contribution in [2.75, 3.05) is 24.5 Å². The van der Waals surface area contributed by atoms with Crippen LogP contribution < -0.4 is 10.2 Å². The minimum atomic E-state index is -0.876. The number of aromatic amines is 1. The number of H-pyrrole nitrogens is 1. The van der Waals surface area contributed by atoms with E-state index in [0.717, 1.165) is 22.4 Å². The maximum absolute atomic E-state index is 11.8. The highest BCUT2D eigenvalue weighted by Gasteiger charge is 2.32. The molecule has 1 saturated heterocycles. The van der Waals surface area contributed by atoms with Crippen LogP contribution in [0.15, 0.2) is 48.8 Å². The lowest BCUT2D eigenvalue weighted by molar-refractivity contribution is -0.138. The number of aliphatic carboxylic acids is 1. The van der Waals surface area contributed by atoms with Gasteiger partial charge in [-0.05, 0) is 29.8 Å². The van der Waals surface area contributed by atoms with E-state index in [9.17, 15) is 9.90 Å². The Kier molecular flexibility index (Phi) is 4.79. The molecule has 0 amide bonds. The summed E-state index contributed by atoms with van der Waals surface area (Å²) < 4.78 is 0. The first-order chi connectivity index (χ1) is 13.1. The lowest BCUT2D eigenvalue weighted by atomic mass is 10.0. The number of anilines is 1. The molecule has 0 aliphatic carbocycles. The molecule has 27 heavy (non-hydrogen) atoms. The van der Waals surface area contributed by atoms with Crippen LogP contribution in [0.3, 0.4) is 0 Å². The zero-order valence-electron chi connectivity index (χ0n) is 14.4. The van der Waals surface area contributed by atoms with Crippen molar-refractivity contribution < 1.29 is 9.90 Å². The van der Waals surface area contributed by atoms with Crippen molar-refractivity contribution in [1.29, 1.82) is 0 Å². The molecule has 3 aromatic rings. The summed E-state index contributed by atoms with van der Waals surface area (Å²) >= 11 is 6.02. The summed E-state index contributed by atoms with van der Waals surface area (Å²) in [5, 5.41) is 21.0. The lowest BCUT2D eigenvalue weighted by Crippen LogP contribution is -2.55. The van der Waals surface area contributed by atoms with Crippen LogP contribution in [-0.2, 0) is 4.79 Å². The highest BCUT2D eigenvalue weighted by Crippen LogP contribution is 2.38. The van der Waals surface area contributed by atoms with E-state index in [4.69, 9.17) is 11.6 Å². The summed E-state index contributed by atoms with van der Waals surface area (Å²) in [7, 11) is 0.